The Balaban J connectivity index is 1.19. The average Bonchev–Trinajstić information content (AvgIpc) is 3.69. The molecule has 0 aromatic carbocycles. The molecule has 2 fully saturated rings. The first-order valence-corrected chi connectivity index (χ1v) is 15.9. The third-order valence-corrected chi connectivity index (χ3v) is 10.1. The third kappa shape index (κ3) is 5.04. The summed E-state index contributed by atoms with van der Waals surface area (Å²) in [7, 11) is 0. The number of nitrogen functional groups attached to an aromatic ring is 1. The minimum atomic E-state index is -4.42. The number of thioether (sulfide) groups is 1. The van der Waals surface area contributed by atoms with Crippen molar-refractivity contribution in [1.82, 2.24) is 34.1 Å². The van der Waals surface area contributed by atoms with Crippen molar-refractivity contribution in [2.75, 3.05) is 18.9 Å². The molecule has 16 nitrogen and oxygen atoms in total. The first-order chi connectivity index (χ1) is 20.0. The van der Waals surface area contributed by atoms with Crippen molar-refractivity contribution in [2.24, 2.45) is 0 Å². The molecule has 0 radical (unpaired) electrons. The number of nitrogens with zero attached hydrogens (tertiary/aromatic N) is 5. The van der Waals surface area contributed by atoms with Crippen LogP contribution in [0.15, 0.2) is 34.5 Å². The van der Waals surface area contributed by atoms with Crippen LogP contribution in [0.2, 0.25) is 0 Å². The molecular weight excluding hydrogens is 625 g/mol. The normalized spacial score (nSPS) is 31.3. The summed E-state index contributed by atoms with van der Waals surface area (Å²) < 4.78 is 62.7. The molecule has 4 aromatic heterocycles. The highest BCUT2D eigenvalue weighted by Crippen LogP contribution is 2.59. The van der Waals surface area contributed by atoms with Gasteiger partial charge in [0.15, 0.2) is 23.6 Å². The van der Waals surface area contributed by atoms with E-state index in [9.17, 15) is 24.4 Å². The number of aliphatic hydroxyl groups excluding tert-OH is 2. The monoisotopic (exact) mass is 648 g/mol. The molecule has 2 aliphatic heterocycles. The zero-order valence-electron chi connectivity index (χ0n) is 21.1. The van der Waals surface area contributed by atoms with Crippen molar-refractivity contribution in [3.05, 3.63) is 45.6 Å². The van der Waals surface area contributed by atoms with Gasteiger partial charge in [0.1, 0.15) is 35.5 Å². The minimum Gasteiger partial charge on any atom is -0.395 e. The molecule has 9 atom stereocenters. The molecule has 0 saturated carbocycles. The lowest BCUT2D eigenvalue weighted by atomic mass is 10.1. The SMILES string of the molecule is Nc1nc2c(ncn2[C@@H]2S[C@H](CO)[C@@H](F)[C@H]2OP(=O)(S)OC[C@H]2O[C@@H](n3ccc4c(=O)[nH]cnc43)[C@@H](F)[C@@H]2O)c(=O)[nH]1. The molecule has 6 rings (SSSR count). The zero-order chi connectivity index (χ0) is 29.9. The molecular formula is C21H23F2N8O8PS2. The molecule has 0 amide bonds. The van der Waals surface area contributed by atoms with E-state index >= 15 is 8.78 Å². The van der Waals surface area contributed by atoms with Crippen LogP contribution in [-0.2, 0) is 18.3 Å². The molecule has 6 N–H and O–H groups in total. The summed E-state index contributed by atoms with van der Waals surface area (Å²) in [5.74, 6) is -0.219. The second-order valence-corrected chi connectivity index (χ2v) is 13.7. The number of halogens is 2. The zero-order valence-corrected chi connectivity index (χ0v) is 23.7. The van der Waals surface area contributed by atoms with E-state index in [1.165, 1.54) is 27.7 Å². The molecule has 0 aliphatic carbocycles. The van der Waals surface area contributed by atoms with Gasteiger partial charge in [-0.15, -0.1) is 11.8 Å². The molecule has 42 heavy (non-hydrogen) atoms. The number of aromatic amines is 2. The largest absolute Gasteiger partial charge is 0.395 e. The maximum atomic E-state index is 15.4. The number of thiol groups is 1. The van der Waals surface area contributed by atoms with Gasteiger partial charge in [-0.1, -0.05) is 12.2 Å². The number of aliphatic hydroxyl groups is 2. The van der Waals surface area contributed by atoms with E-state index in [1.807, 2.05) is 0 Å². The number of hydrogen-bond acceptors (Lipinski definition) is 13. The summed E-state index contributed by atoms with van der Waals surface area (Å²) in [5, 5.41) is 18.3. The van der Waals surface area contributed by atoms with Crippen LogP contribution in [0.4, 0.5) is 14.7 Å². The predicted molar refractivity (Wildman–Crippen MR) is 148 cm³/mol. The maximum absolute atomic E-state index is 15.4. The Morgan fingerprint density at radius 2 is 2.00 bits per heavy atom. The summed E-state index contributed by atoms with van der Waals surface area (Å²) in [6.45, 7) is -5.69. The number of H-pyrrole nitrogens is 2. The fourth-order valence-electron chi connectivity index (χ4n) is 4.91. The number of ether oxygens (including phenoxy) is 1. The van der Waals surface area contributed by atoms with Crippen LogP contribution in [0.5, 0.6) is 0 Å². The Bertz CT molecular complexity index is 1800. The number of nitrogens with two attached hydrogens (primary N) is 1. The summed E-state index contributed by atoms with van der Waals surface area (Å²) in [6.07, 6.45) is -6.17. The fourth-order valence-corrected chi connectivity index (χ4v) is 7.85. The van der Waals surface area contributed by atoms with Gasteiger partial charge in [0.25, 0.3) is 11.1 Å². The Morgan fingerprint density at radius 1 is 1.21 bits per heavy atom. The van der Waals surface area contributed by atoms with Gasteiger partial charge < -0.3 is 30.2 Å². The third-order valence-electron chi connectivity index (χ3n) is 6.91. The van der Waals surface area contributed by atoms with E-state index in [2.05, 4.69) is 37.2 Å². The summed E-state index contributed by atoms with van der Waals surface area (Å²) in [4.78, 5) is 41.0. The minimum absolute atomic E-state index is 0.000390. The van der Waals surface area contributed by atoms with Crippen LogP contribution in [0.25, 0.3) is 22.2 Å². The van der Waals surface area contributed by atoms with Gasteiger partial charge in [-0.3, -0.25) is 28.2 Å². The highest BCUT2D eigenvalue weighted by molar-refractivity contribution is 8.44. The van der Waals surface area contributed by atoms with Crippen LogP contribution in [-0.4, -0.2) is 93.4 Å². The summed E-state index contributed by atoms with van der Waals surface area (Å²) in [6, 6.07) is 1.41. The first-order valence-electron chi connectivity index (χ1n) is 12.3. The van der Waals surface area contributed by atoms with E-state index in [1.54, 1.807) is 0 Å². The van der Waals surface area contributed by atoms with E-state index < -0.39 is 78.6 Å². The van der Waals surface area contributed by atoms with E-state index in [0.717, 1.165) is 18.1 Å². The standard InChI is InChI=1S/C21H23F2N8O8PS2/c22-10-9(3-32)42-20(31-6-27-12-16(31)28-21(24)29-18(12)35)14(10)39-40(36,41)37-4-8-13(33)11(23)19(38-8)30-2-1-7-15(30)25-5-26-17(7)34/h1-2,5-6,8-11,13-14,19-20,32-33H,3-4H2,(H,36,41)(H,25,26,34)(H3,24,28,29,35)/t8-,9-,10-,11+,13-,14-,19-,20-,40?/m1/s1. The van der Waals surface area contributed by atoms with E-state index in [-0.39, 0.29) is 28.1 Å². The van der Waals surface area contributed by atoms with Gasteiger partial charge in [-0.2, -0.15) is 4.98 Å². The van der Waals surface area contributed by atoms with Crippen molar-refractivity contribution >= 4 is 59.0 Å². The van der Waals surface area contributed by atoms with Crippen molar-refractivity contribution in [1.29, 1.82) is 0 Å². The first kappa shape index (κ1) is 29.2. The highest BCUT2D eigenvalue weighted by Gasteiger charge is 2.51. The van der Waals surface area contributed by atoms with Crippen LogP contribution in [0, 0.1) is 0 Å². The Hall–Kier alpha value is -2.84. The summed E-state index contributed by atoms with van der Waals surface area (Å²) in [5.41, 5.74) is 4.59. The Morgan fingerprint density at radius 3 is 2.76 bits per heavy atom. The number of rotatable bonds is 8. The molecule has 4 aromatic rings. The number of alkyl halides is 2. The molecule has 2 saturated heterocycles. The molecule has 1 unspecified atom stereocenters. The molecule has 226 valence electrons. The molecule has 2 aliphatic rings. The molecule has 6 heterocycles. The van der Waals surface area contributed by atoms with Crippen LogP contribution in [0.3, 0.4) is 0 Å². The smallest absolute Gasteiger partial charge is 0.386 e. The topological polar surface area (TPSA) is 225 Å². The lowest BCUT2D eigenvalue weighted by molar-refractivity contribution is -0.0441. The number of nitrogens with one attached hydrogen (secondary N) is 2. The second-order valence-electron chi connectivity index (χ2n) is 9.49. The lowest BCUT2D eigenvalue weighted by Gasteiger charge is -2.25. The van der Waals surface area contributed by atoms with E-state index in [4.69, 9.17) is 19.5 Å². The van der Waals surface area contributed by atoms with Crippen molar-refractivity contribution in [2.45, 2.75) is 47.5 Å². The second kappa shape index (κ2) is 11.0. The van der Waals surface area contributed by atoms with Crippen LogP contribution < -0.4 is 16.9 Å². The fraction of sp³-hybridized carbons (Fsp3) is 0.476. The average molecular weight is 649 g/mol. The number of aromatic nitrogens is 7. The van der Waals surface area contributed by atoms with Gasteiger partial charge in [0.2, 0.25) is 5.95 Å². The molecule has 0 spiro atoms. The maximum Gasteiger partial charge on any atom is 0.386 e. The van der Waals surface area contributed by atoms with Gasteiger partial charge in [-0.05, 0) is 6.07 Å². The molecule has 0 bridgehead atoms. The van der Waals surface area contributed by atoms with Crippen LogP contribution >= 0.6 is 30.8 Å². The van der Waals surface area contributed by atoms with Gasteiger partial charge in [-0.25, -0.2) is 23.3 Å². The van der Waals surface area contributed by atoms with E-state index in [0.29, 0.717) is 0 Å². The quantitative estimate of drug-likeness (QED) is 0.113. The van der Waals surface area contributed by atoms with Crippen molar-refractivity contribution in [3.8, 4) is 0 Å². The lowest BCUT2D eigenvalue weighted by Crippen LogP contribution is -2.33. The van der Waals surface area contributed by atoms with Crippen molar-refractivity contribution in [3.63, 3.8) is 0 Å². The number of fused-ring (bicyclic) bond motifs is 2. The van der Waals surface area contributed by atoms with Gasteiger partial charge in [0, 0.05) is 6.20 Å². The number of hydrogen-bond donors (Lipinski definition) is 6. The summed E-state index contributed by atoms with van der Waals surface area (Å²) >= 11 is 4.86. The van der Waals surface area contributed by atoms with Gasteiger partial charge >= 0.3 is 6.80 Å². The van der Waals surface area contributed by atoms with Crippen molar-refractivity contribution < 1.29 is 37.3 Å². The Labute approximate surface area is 242 Å². The predicted octanol–water partition coefficient (Wildman–Crippen LogP) is 0.420. The van der Waals surface area contributed by atoms with Gasteiger partial charge in [0.05, 0.1) is 36.5 Å². The highest BCUT2D eigenvalue weighted by atomic mass is 32.7. The number of imidazole rings is 1. The Kier molecular flexibility index (Phi) is 7.67. The molecule has 21 heteroatoms. The van der Waals surface area contributed by atoms with Crippen LogP contribution in [0.1, 0.15) is 11.6 Å². The number of anilines is 1.